The third-order valence-corrected chi connectivity index (χ3v) is 6.50. The van der Waals surface area contributed by atoms with Gasteiger partial charge in [-0.2, -0.15) is 0 Å². The van der Waals surface area contributed by atoms with Crippen LogP contribution in [0.5, 0.6) is 11.5 Å². The van der Waals surface area contributed by atoms with E-state index < -0.39 is 6.04 Å². The van der Waals surface area contributed by atoms with Crippen LogP contribution in [0.1, 0.15) is 44.4 Å². The second kappa shape index (κ2) is 8.37. The molecule has 0 bridgehead atoms. The first-order valence-corrected chi connectivity index (χ1v) is 11.1. The molecule has 172 valence electrons. The van der Waals surface area contributed by atoms with Crippen LogP contribution in [-0.2, 0) is 6.54 Å². The third-order valence-electron chi connectivity index (χ3n) is 6.50. The van der Waals surface area contributed by atoms with E-state index in [-0.39, 0.29) is 17.1 Å². The van der Waals surface area contributed by atoms with E-state index in [9.17, 15) is 9.59 Å². The Balaban J connectivity index is 1.71. The van der Waals surface area contributed by atoms with Gasteiger partial charge in [-0.05, 0) is 72.5 Å². The standard InChI is InChI=1S/C28H25NO5/c1-16-12-22-23(13-17(16)2)34-27-24(26(22)30)25(19-6-5-7-21(14-19)33-4)29(28(27)31)15-18-8-10-20(32-3)11-9-18/h5-14,25H,15H2,1-4H3. The number of ether oxygens (including phenoxy) is 2. The molecule has 1 aromatic heterocycles. The minimum Gasteiger partial charge on any atom is -0.497 e. The van der Waals surface area contributed by atoms with Crippen LogP contribution in [0.2, 0.25) is 0 Å². The molecule has 1 atom stereocenters. The largest absolute Gasteiger partial charge is 0.497 e. The number of hydrogen-bond donors (Lipinski definition) is 0. The van der Waals surface area contributed by atoms with Crippen molar-refractivity contribution in [1.82, 2.24) is 4.90 Å². The molecule has 1 aliphatic rings. The van der Waals surface area contributed by atoms with Gasteiger partial charge in [0.1, 0.15) is 17.1 Å². The summed E-state index contributed by atoms with van der Waals surface area (Å²) in [4.78, 5) is 29.1. The van der Waals surface area contributed by atoms with Crippen molar-refractivity contribution in [2.75, 3.05) is 14.2 Å². The van der Waals surface area contributed by atoms with E-state index >= 15 is 0 Å². The normalized spacial score (nSPS) is 15.0. The molecule has 0 N–H and O–H groups in total. The molecule has 6 nitrogen and oxygen atoms in total. The molecule has 5 rings (SSSR count). The number of rotatable bonds is 5. The van der Waals surface area contributed by atoms with Crippen LogP contribution in [0.15, 0.2) is 69.9 Å². The zero-order valence-corrected chi connectivity index (χ0v) is 19.5. The quantitative estimate of drug-likeness (QED) is 0.415. The second-order valence-corrected chi connectivity index (χ2v) is 8.57. The smallest absolute Gasteiger partial charge is 0.291 e. The van der Waals surface area contributed by atoms with Crippen molar-refractivity contribution in [3.05, 3.63) is 104 Å². The first kappa shape index (κ1) is 21.8. The van der Waals surface area contributed by atoms with Gasteiger partial charge in [-0.15, -0.1) is 0 Å². The average Bonchev–Trinajstić information content (AvgIpc) is 3.12. The van der Waals surface area contributed by atoms with Crippen LogP contribution in [0.3, 0.4) is 0 Å². The Labute approximate surface area is 197 Å². The number of carbonyl (C=O) groups excluding carboxylic acids is 1. The van der Waals surface area contributed by atoms with Crippen LogP contribution in [-0.4, -0.2) is 25.0 Å². The van der Waals surface area contributed by atoms with E-state index in [4.69, 9.17) is 13.9 Å². The van der Waals surface area contributed by atoms with Gasteiger partial charge in [-0.25, -0.2) is 0 Å². The monoisotopic (exact) mass is 455 g/mol. The van der Waals surface area contributed by atoms with Gasteiger partial charge in [0.2, 0.25) is 5.76 Å². The Hall–Kier alpha value is -4.06. The van der Waals surface area contributed by atoms with Crippen molar-refractivity contribution in [2.45, 2.75) is 26.4 Å². The maximum Gasteiger partial charge on any atom is 0.291 e. The van der Waals surface area contributed by atoms with Gasteiger partial charge < -0.3 is 18.8 Å². The van der Waals surface area contributed by atoms with Gasteiger partial charge in [0.25, 0.3) is 5.91 Å². The van der Waals surface area contributed by atoms with Gasteiger partial charge in [0, 0.05) is 6.54 Å². The van der Waals surface area contributed by atoms with Gasteiger partial charge in [-0.1, -0.05) is 24.3 Å². The molecule has 1 unspecified atom stereocenters. The second-order valence-electron chi connectivity index (χ2n) is 8.57. The zero-order chi connectivity index (χ0) is 24.0. The number of benzene rings is 3. The molecule has 1 aliphatic heterocycles. The Morgan fingerprint density at radius 2 is 1.59 bits per heavy atom. The summed E-state index contributed by atoms with van der Waals surface area (Å²) in [6.45, 7) is 4.23. The van der Waals surface area contributed by atoms with Crippen LogP contribution in [0.25, 0.3) is 11.0 Å². The van der Waals surface area contributed by atoms with Crippen molar-refractivity contribution in [2.24, 2.45) is 0 Å². The van der Waals surface area contributed by atoms with Crippen molar-refractivity contribution >= 4 is 16.9 Å². The Morgan fingerprint density at radius 1 is 0.882 bits per heavy atom. The van der Waals surface area contributed by atoms with E-state index in [1.807, 2.05) is 74.5 Å². The third kappa shape index (κ3) is 3.52. The molecule has 34 heavy (non-hydrogen) atoms. The highest BCUT2D eigenvalue weighted by molar-refractivity contribution is 5.99. The van der Waals surface area contributed by atoms with E-state index in [2.05, 4.69) is 0 Å². The van der Waals surface area contributed by atoms with Crippen molar-refractivity contribution < 1.29 is 18.7 Å². The van der Waals surface area contributed by atoms with Crippen LogP contribution >= 0.6 is 0 Å². The number of hydrogen-bond acceptors (Lipinski definition) is 5. The summed E-state index contributed by atoms with van der Waals surface area (Å²) in [6, 6.07) is 18.1. The van der Waals surface area contributed by atoms with E-state index in [1.54, 1.807) is 19.1 Å². The summed E-state index contributed by atoms with van der Waals surface area (Å²) >= 11 is 0. The number of carbonyl (C=O) groups is 1. The van der Waals surface area contributed by atoms with E-state index in [0.717, 1.165) is 28.0 Å². The summed E-state index contributed by atoms with van der Waals surface area (Å²) in [7, 11) is 3.20. The fourth-order valence-corrected chi connectivity index (χ4v) is 4.52. The number of aryl methyl sites for hydroxylation is 2. The summed E-state index contributed by atoms with van der Waals surface area (Å²) in [6.07, 6.45) is 0. The highest BCUT2D eigenvalue weighted by Gasteiger charge is 2.42. The highest BCUT2D eigenvalue weighted by Crippen LogP contribution is 2.40. The average molecular weight is 456 g/mol. The Kier molecular flexibility index (Phi) is 5.36. The molecule has 0 fully saturated rings. The van der Waals surface area contributed by atoms with Crippen molar-refractivity contribution in [3.63, 3.8) is 0 Å². The topological polar surface area (TPSA) is 69.0 Å². The predicted octanol–water partition coefficient (Wildman–Crippen LogP) is 5.17. The number of nitrogens with zero attached hydrogens (tertiary/aromatic N) is 1. The molecule has 0 radical (unpaired) electrons. The lowest BCUT2D eigenvalue weighted by molar-refractivity contribution is 0.0714. The lowest BCUT2D eigenvalue weighted by Gasteiger charge is -2.25. The number of methoxy groups -OCH3 is 2. The van der Waals surface area contributed by atoms with Gasteiger partial charge in [0.15, 0.2) is 5.43 Å². The maximum absolute atomic E-state index is 13.8. The van der Waals surface area contributed by atoms with Gasteiger partial charge in [0.05, 0.1) is 31.2 Å². The molecule has 0 aliphatic carbocycles. The Morgan fingerprint density at radius 3 is 2.29 bits per heavy atom. The molecule has 0 saturated heterocycles. The minimum atomic E-state index is -0.595. The van der Waals surface area contributed by atoms with Crippen LogP contribution in [0.4, 0.5) is 0 Å². The predicted molar refractivity (Wildman–Crippen MR) is 130 cm³/mol. The summed E-state index contributed by atoms with van der Waals surface area (Å²) < 4.78 is 16.8. The minimum absolute atomic E-state index is 0.0992. The number of amides is 1. The first-order valence-electron chi connectivity index (χ1n) is 11.1. The maximum atomic E-state index is 13.8. The van der Waals surface area contributed by atoms with E-state index in [1.165, 1.54) is 0 Å². The SMILES string of the molecule is COc1ccc(CN2C(=O)c3oc4cc(C)c(C)cc4c(=O)c3C2c2cccc(OC)c2)cc1. The molecular weight excluding hydrogens is 430 g/mol. The number of fused-ring (bicyclic) bond motifs is 2. The highest BCUT2D eigenvalue weighted by atomic mass is 16.5. The van der Waals surface area contributed by atoms with Crippen LogP contribution < -0.4 is 14.9 Å². The van der Waals surface area contributed by atoms with E-state index in [0.29, 0.717) is 28.8 Å². The molecule has 4 aromatic rings. The van der Waals surface area contributed by atoms with Crippen molar-refractivity contribution in [3.8, 4) is 11.5 Å². The molecule has 0 spiro atoms. The van der Waals surface area contributed by atoms with Gasteiger partial charge >= 0.3 is 0 Å². The fraction of sp³-hybridized carbons (Fsp3) is 0.214. The van der Waals surface area contributed by atoms with Crippen LogP contribution in [0, 0.1) is 13.8 Å². The first-order chi connectivity index (χ1) is 16.4. The summed E-state index contributed by atoms with van der Waals surface area (Å²) in [5, 5.41) is 0.480. The van der Waals surface area contributed by atoms with Crippen molar-refractivity contribution in [1.29, 1.82) is 0 Å². The van der Waals surface area contributed by atoms with Gasteiger partial charge in [-0.3, -0.25) is 9.59 Å². The molecular formula is C28H25NO5. The summed E-state index contributed by atoms with van der Waals surface area (Å²) in [5.41, 5.74) is 4.31. The fourth-order valence-electron chi connectivity index (χ4n) is 4.52. The molecule has 6 heteroatoms. The Bertz CT molecular complexity index is 1470. The molecule has 1 amide bonds. The molecule has 2 heterocycles. The lowest BCUT2D eigenvalue weighted by Crippen LogP contribution is -2.29. The molecule has 3 aromatic carbocycles. The summed E-state index contributed by atoms with van der Waals surface area (Å²) in [5.74, 6) is 1.18. The lowest BCUT2D eigenvalue weighted by atomic mass is 9.97. The zero-order valence-electron chi connectivity index (χ0n) is 19.5. The molecule has 0 saturated carbocycles.